The molecule has 0 fully saturated rings. The van der Waals surface area contributed by atoms with Gasteiger partial charge in [0.1, 0.15) is 0 Å². The molecule has 3 nitrogen and oxygen atoms in total. The molecule has 0 bridgehead atoms. The van der Waals surface area contributed by atoms with Gasteiger partial charge in [-0.25, -0.2) is 8.78 Å². The Hall–Kier alpha value is -2.30. The fourth-order valence-corrected chi connectivity index (χ4v) is 2.21. The number of fused-ring (bicyclic) bond motifs is 1. The number of anilines is 1. The van der Waals surface area contributed by atoms with E-state index in [0.717, 1.165) is 11.8 Å². The van der Waals surface area contributed by atoms with Crippen LogP contribution in [-0.4, -0.2) is 5.79 Å². The van der Waals surface area contributed by atoms with Crippen LogP contribution in [0, 0.1) is 11.6 Å². The Morgan fingerprint density at radius 2 is 1.81 bits per heavy atom. The first-order valence-corrected chi connectivity index (χ1v) is 6.63. The van der Waals surface area contributed by atoms with Crippen molar-refractivity contribution in [3.05, 3.63) is 53.6 Å². The molecule has 110 valence electrons. The van der Waals surface area contributed by atoms with Crippen LogP contribution in [0.15, 0.2) is 36.4 Å². The molecule has 0 saturated carbocycles. The van der Waals surface area contributed by atoms with Crippen molar-refractivity contribution in [2.24, 2.45) is 0 Å². The summed E-state index contributed by atoms with van der Waals surface area (Å²) in [5, 5.41) is 3.04. The molecular formula is C16H15F2NO2. The molecule has 1 N–H and O–H groups in total. The number of benzene rings is 2. The maximum absolute atomic E-state index is 13.6. The molecule has 0 saturated heterocycles. The van der Waals surface area contributed by atoms with Gasteiger partial charge in [-0.1, -0.05) is 12.1 Å². The van der Waals surface area contributed by atoms with Crippen LogP contribution < -0.4 is 14.8 Å². The van der Waals surface area contributed by atoms with Gasteiger partial charge in [0.25, 0.3) is 0 Å². The van der Waals surface area contributed by atoms with E-state index < -0.39 is 17.4 Å². The van der Waals surface area contributed by atoms with Crippen molar-refractivity contribution in [1.82, 2.24) is 0 Å². The Bertz CT molecular complexity index is 686. The molecule has 3 rings (SSSR count). The summed E-state index contributed by atoms with van der Waals surface area (Å²) in [7, 11) is 0. The van der Waals surface area contributed by atoms with Crippen LogP contribution in [0.4, 0.5) is 14.5 Å². The average molecular weight is 291 g/mol. The van der Waals surface area contributed by atoms with E-state index in [4.69, 9.17) is 9.47 Å². The summed E-state index contributed by atoms with van der Waals surface area (Å²) in [5.41, 5.74) is 1.02. The summed E-state index contributed by atoms with van der Waals surface area (Å²) in [5.74, 6) is -1.06. The molecule has 5 heteroatoms. The summed E-state index contributed by atoms with van der Waals surface area (Å²) in [4.78, 5) is 0. The monoisotopic (exact) mass is 291 g/mol. The van der Waals surface area contributed by atoms with Crippen molar-refractivity contribution >= 4 is 5.69 Å². The van der Waals surface area contributed by atoms with Gasteiger partial charge in [0.05, 0.1) is 0 Å². The molecule has 0 spiro atoms. The van der Waals surface area contributed by atoms with Crippen LogP contribution in [-0.2, 0) is 6.54 Å². The Morgan fingerprint density at radius 3 is 2.62 bits per heavy atom. The van der Waals surface area contributed by atoms with E-state index in [1.54, 1.807) is 24.3 Å². The lowest BCUT2D eigenvalue weighted by atomic mass is 10.2. The number of hydrogen-bond donors (Lipinski definition) is 1. The Balaban J connectivity index is 1.74. The molecule has 1 aliphatic heterocycles. The summed E-state index contributed by atoms with van der Waals surface area (Å²) in [6, 6.07) is 9.50. The molecule has 0 amide bonds. The fourth-order valence-electron chi connectivity index (χ4n) is 2.21. The van der Waals surface area contributed by atoms with Gasteiger partial charge in [-0.15, -0.1) is 0 Å². The molecule has 0 atom stereocenters. The van der Waals surface area contributed by atoms with E-state index in [1.807, 2.05) is 13.8 Å². The normalized spacial score (nSPS) is 15.0. The first kappa shape index (κ1) is 13.7. The second-order valence-electron chi connectivity index (χ2n) is 5.33. The SMILES string of the molecule is CC1(C)Oc2ccc(NCc3cccc(F)c3F)cc2O1. The number of rotatable bonds is 3. The third kappa shape index (κ3) is 2.77. The van der Waals surface area contributed by atoms with Gasteiger partial charge in [-0.3, -0.25) is 0 Å². The van der Waals surface area contributed by atoms with Crippen LogP contribution in [0.3, 0.4) is 0 Å². The van der Waals surface area contributed by atoms with Crippen molar-refractivity contribution in [1.29, 1.82) is 0 Å². The molecule has 0 aromatic heterocycles. The van der Waals surface area contributed by atoms with Crippen molar-refractivity contribution < 1.29 is 18.3 Å². The molecule has 1 aliphatic rings. The van der Waals surface area contributed by atoms with E-state index in [9.17, 15) is 8.78 Å². The molecule has 2 aromatic rings. The minimum atomic E-state index is -0.846. The highest BCUT2D eigenvalue weighted by molar-refractivity contribution is 5.56. The van der Waals surface area contributed by atoms with Gasteiger partial charge in [-0.05, 0) is 18.2 Å². The summed E-state index contributed by atoms with van der Waals surface area (Å²) in [6.07, 6.45) is 0. The summed E-state index contributed by atoms with van der Waals surface area (Å²) < 4.78 is 37.9. The van der Waals surface area contributed by atoms with Crippen LogP contribution in [0.5, 0.6) is 11.5 Å². The van der Waals surface area contributed by atoms with Crippen LogP contribution in [0.1, 0.15) is 19.4 Å². The largest absolute Gasteiger partial charge is 0.449 e. The Labute approximate surface area is 121 Å². The van der Waals surface area contributed by atoms with Crippen LogP contribution in [0.25, 0.3) is 0 Å². The second kappa shape index (κ2) is 4.91. The molecule has 0 radical (unpaired) electrons. The maximum Gasteiger partial charge on any atom is 0.246 e. The number of ether oxygens (including phenoxy) is 2. The summed E-state index contributed by atoms with van der Waals surface area (Å²) >= 11 is 0. The van der Waals surface area contributed by atoms with Crippen LogP contribution >= 0.6 is 0 Å². The van der Waals surface area contributed by atoms with Crippen molar-refractivity contribution in [3.8, 4) is 11.5 Å². The molecule has 21 heavy (non-hydrogen) atoms. The van der Waals surface area contributed by atoms with Gasteiger partial charge in [0.15, 0.2) is 23.1 Å². The zero-order valence-electron chi connectivity index (χ0n) is 11.7. The van der Waals surface area contributed by atoms with E-state index in [1.165, 1.54) is 6.07 Å². The third-order valence-electron chi connectivity index (χ3n) is 3.17. The average Bonchev–Trinajstić information content (AvgIpc) is 2.73. The highest BCUT2D eigenvalue weighted by Crippen LogP contribution is 2.40. The minimum Gasteiger partial charge on any atom is -0.449 e. The van der Waals surface area contributed by atoms with Gasteiger partial charge in [0, 0.05) is 37.7 Å². The molecular weight excluding hydrogens is 276 g/mol. The van der Waals surface area contributed by atoms with Gasteiger partial charge in [0.2, 0.25) is 5.79 Å². The van der Waals surface area contributed by atoms with E-state index in [0.29, 0.717) is 11.5 Å². The lowest BCUT2D eigenvalue weighted by Gasteiger charge is -2.16. The predicted octanol–water partition coefficient (Wildman–Crippen LogP) is 4.08. The Morgan fingerprint density at radius 1 is 1.05 bits per heavy atom. The quantitative estimate of drug-likeness (QED) is 0.924. The third-order valence-corrected chi connectivity index (χ3v) is 3.17. The molecule has 0 aliphatic carbocycles. The van der Waals surface area contributed by atoms with Crippen LogP contribution in [0.2, 0.25) is 0 Å². The van der Waals surface area contributed by atoms with E-state index >= 15 is 0 Å². The first-order chi connectivity index (χ1) is 9.94. The fraction of sp³-hybridized carbons (Fsp3) is 0.250. The van der Waals surface area contributed by atoms with Crippen molar-refractivity contribution in [2.75, 3.05) is 5.32 Å². The van der Waals surface area contributed by atoms with Crippen molar-refractivity contribution in [2.45, 2.75) is 26.2 Å². The topological polar surface area (TPSA) is 30.5 Å². The summed E-state index contributed by atoms with van der Waals surface area (Å²) in [6.45, 7) is 3.83. The highest BCUT2D eigenvalue weighted by Gasteiger charge is 2.31. The number of hydrogen-bond acceptors (Lipinski definition) is 3. The zero-order chi connectivity index (χ0) is 15.0. The number of halogens is 2. The Kier molecular flexibility index (Phi) is 3.20. The van der Waals surface area contributed by atoms with Gasteiger partial charge in [-0.2, -0.15) is 0 Å². The smallest absolute Gasteiger partial charge is 0.246 e. The lowest BCUT2D eigenvalue weighted by molar-refractivity contribution is -0.0431. The van der Waals surface area contributed by atoms with E-state index in [-0.39, 0.29) is 12.1 Å². The molecule has 1 heterocycles. The minimum absolute atomic E-state index is 0.187. The maximum atomic E-state index is 13.6. The molecule has 2 aromatic carbocycles. The standard InChI is InChI=1S/C16H15F2NO2/c1-16(2)20-13-7-6-11(8-14(13)21-16)19-9-10-4-3-5-12(17)15(10)18/h3-8,19H,9H2,1-2H3. The predicted molar refractivity (Wildman–Crippen MR) is 75.5 cm³/mol. The molecule has 0 unspecified atom stereocenters. The highest BCUT2D eigenvalue weighted by atomic mass is 19.2. The van der Waals surface area contributed by atoms with Gasteiger partial charge >= 0.3 is 0 Å². The first-order valence-electron chi connectivity index (χ1n) is 6.63. The van der Waals surface area contributed by atoms with Crippen molar-refractivity contribution in [3.63, 3.8) is 0 Å². The van der Waals surface area contributed by atoms with Gasteiger partial charge < -0.3 is 14.8 Å². The lowest BCUT2D eigenvalue weighted by Crippen LogP contribution is -2.29. The van der Waals surface area contributed by atoms with E-state index in [2.05, 4.69) is 5.32 Å². The second-order valence-corrected chi connectivity index (χ2v) is 5.33. The zero-order valence-corrected chi connectivity index (χ0v) is 11.7. The number of nitrogens with one attached hydrogen (secondary N) is 1.